The number of hydrogen-bond donors (Lipinski definition) is 1. The van der Waals surface area contributed by atoms with Gasteiger partial charge in [0.25, 0.3) is 0 Å². The molecule has 0 bridgehead atoms. The zero-order valence-corrected chi connectivity index (χ0v) is 14.2. The molecule has 0 amide bonds. The molecule has 2 rings (SSSR count). The van der Waals surface area contributed by atoms with Crippen LogP contribution >= 0.6 is 0 Å². The van der Waals surface area contributed by atoms with Gasteiger partial charge < -0.3 is 9.84 Å². The monoisotopic (exact) mass is 381 g/mol. The Morgan fingerprint density at radius 3 is 2.52 bits per heavy atom. The van der Waals surface area contributed by atoms with Crippen molar-refractivity contribution in [3.63, 3.8) is 0 Å². The lowest BCUT2D eigenvalue weighted by Gasteiger charge is -2.18. The van der Waals surface area contributed by atoms with E-state index in [1.165, 1.54) is 7.05 Å². The number of ether oxygens (including phenoxy) is 1. The molecule has 25 heavy (non-hydrogen) atoms. The molecule has 1 fully saturated rings. The number of benzene rings is 1. The molecule has 0 radical (unpaired) electrons. The Kier molecular flexibility index (Phi) is 5.75. The number of carboxylic acids is 1. The number of sulfonamides is 1. The van der Waals surface area contributed by atoms with E-state index in [2.05, 4.69) is 0 Å². The zero-order valence-electron chi connectivity index (χ0n) is 13.4. The fraction of sp³-hybridized carbons (Fsp3) is 0.533. The number of carbonyl (C=O) groups is 1. The molecule has 1 unspecified atom stereocenters. The van der Waals surface area contributed by atoms with Crippen molar-refractivity contribution in [2.24, 2.45) is 0 Å². The second kappa shape index (κ2) is 7.30. The standard InChI is InChI=1S/C15H18F3NO5S/c1-19(8-12-9-24-12)25(22,23)13-6-10(3-2-4-14(20)21)5-11(7-13)15(16,17)18/h5-7,12H,2-4,8-9H2,1H3,(H,20,21). The summed E-state index contributed by atoms with van der Waals surface area (Å²) in [5.74, 6) is -1.07. The highest BCUT2D eigenvalue weighted by molar-refractivity contribution is 7.89. The van der Waals surface area contributed by atoms with Crippen LogP contribution in [0.25, 0.3) is 0 Å². The molecule has 10 heteroatoms. The number of alkyl halides is 3. The summed E-state index contributed by atoms with van der Waals surface area (Å²) in [6.07, 6.45) is -5.00. The van der Waals surface area contributed by atoms with E-state index in [0.717, 1.165) is 16.4 Å². The van der Waals surface area contributed by atoms with Gasteiger partial charge in [0.05, 0.1) is 23.2 Å². The minimum Gasteiger partial charge on any atom is -0.481 e. The number of epoxide rings is 1. The van der Waals surface area contributed by atoms with Crippen molar-refractivity contribution in [1.82, 2.24) is 4.31 Å². The smallest absolute Gasteiger partial charge is 0.416 e. The first kappa shape index (κ1) is 19.7. The molecule has 1 N–H and O–H groups in total. The maximum Gasteiger partial charge on any atom is 0.416 e. The topological polar surface area (TPSA) is 87.2 Å². The van der Waals surface area contributed by atoms with Gasteiger partial charge in [0.2, 0.25) is 10.0 Å². The first-order chi connectivity index (χ1) is 11.5. The van der Waals surface area contributed by atoms with Crippen molar-refractivity contribution in [1.29, 1.82) is 0 Å². The van der Waals surface area contributed by atoms with Crippen LogP contribution in [0, 0.1) is 0 Å². The van der Waals surface area contributed by atoms with Crippen molar-refractivity contribution in [3.8, 4) is 0 Å². The molecule has 1 aliphatic heterocycles. The van der Waals surface area contributed by atoms with E-state index in [4.69, 9.17) is 9.84 Å². The highest BCUT2D eigenvalue weighted by Gasteiger charge is 2.34. The van der Waals surface area contributed by atoms with Crippen LogP contribution in [0.2, 0.25) is 0 Å². The molecule has 0 aliphatic carbocycles. The van der Waals surface area contributed by atoms with Gasteiger partial charge >= 0.3 is 12.1 Å². The molecule has 6 nitrogen and oxygen atoms in total. The summed E-state index contributed by atoms with van der Waals surface area (Å²) in [7, 11) is -2.82. The summed E-state index contributed by atoms with van der Waals surface area (Å²) in [5, 5.41) is 8.63. The number of likely N-dealkylation sites (N-methyl/N-ethyl adjacent to an activating group) is 1. The summed E-state index contributed by atoms with van der Waals surface area (Å²) in [6.45, 7) is 0.482. The summed E-state index contributed by atoms with van der Waals surface area (Å²) >= 11 is 0. The fourth-order valence-corrected chi connectivity index (χ4v) is 3.60. The number of rotatable bonds is 8. The van der Waals surface area contributed by atoms with Crippen molar-refractivity contribution in [2.75, 3.05) is 20.2 Å². The first-order valence-corrected chi connectivity index (χ1v) is 8.95. The number of carboxylic acid groups (broad SMARTS) is 1. The summed E-state index contributed by atoms with van der Waals surface area (Å²) in [4.78, 5) is 10.1. The van der Waals surface area contributed by atoms with E-state index in [1.807, 2.05) is 0 Å². The molecule has 1 aliphatic rings. The lowest BCUT2D eigenvalue weighted by molar-refractivity contribution is -0.138. The van der Waals surface area contributed by atoms with Gasteiger partial charge in [-0.05, 0) is 36.6 Å². The van der Waals surface area contributed by atoms with Crippen molar-refractivity contribution in [3.05, 3.63) is 29.3 Å². The Morgan fingerprint density at radius 1 is 1.36 bits per heavy atom. The van der Waals surface area contributed by atoms with Gasteiger partial charge in [-0.2, -0.15) is 17.5 Å². The number of aryl methyl sites for hydroxylation is 1. The maximum atomic E-state index is 13.1. The summed E-state index contributed by atoms with van der Waals surface area (Å²) < 4.78 is 70.2. The Balaban J connectivity index is 2.32. The fourth-order valence-electron chi connectivity index (χ4n) is 2.30. The van der Waals surface area contributed by atoms with Gasteiger partial charge in [0.1, 0.15) is 0 Å². The van der Waals surface area contributed by atoms with Gasteiger partial charge in [0, 0.05) is 20.0 Å². The highest BCUT2D eigenvalue weighted by atomic mass is 32.2. The maximum absolute atomic E-state index is 13.1. The van der Waals surface area contributed by atoms with E-state index < -0.39 is 32.6 Å². The first-order valence-electron chi connectivity index (χ1n) is 7.51. The van der Waals surface area contributed by atoms with Gasteiger partial charge in [-0.15, -0.1) is 0 Å². The molecule has 0 spiro atoms. The Labute approximate surface area is 143 Å². The summed E-state index contributed by atoms with van der Waals surface area (Å²) in [6, 6.07) is 2.61. The third-order valence-corrected chi connectivity index (χ3v) is 5.52. The van der Waals surface area contributed by atoms with Crippen LogP contribution in [0.5, 0.6) is 0 Å². The van der Waals surface area contributed by atoms with Crippen molar-refractivity contribution in [2.45, 2.75) is 36.4 Å². The molecular weight excluding hydrogens is 363 g/mol. The Bertz CT molecular complexity index is 744. The predicted molar refractivity (Wildman–Crippen MR) is 81.6 cm³/mol. The van der Waals surface area contributed by atoms with E-state index in [0.29, 0.717) is 12.7 Å². The van der Waals surface area contributed by atoms with E-state index in [1.54, 1.807) is 0 Å². The van der Waals surface area contributed by atoms with E-state index in [-0.39, 0.29) is 37.5 Å². The number of halogens is 3. The van der Waals surface area contributed by atoms with Crippen LogP contribution in [-0.2, 0) is 32.2 Å². The van der Waals surface area contributed by atoms with E-state index in [9.17, 15) is 26.4 Å². The molecule has 0 saturated carbocycles. The number of nitrogens with zero attached hydrogens (tertiary/aromatic N) is 1. The highest BCUT2D eigenvalue weighted by Crippen LogP contribution is 2.33. The van der Waals surface area contributed by atoms with Crippen molar-refractivity contribution >= 4 is 16.0 Å². The lowest BCUT2D eigenvalue weighted by Crippen LogP contribution is -2.30. The second-order valence-electron chi connectivity index (χ2n) is 5.85. The molecule has 1 heterocycles. The zero-order chi connectivity index (χ0) is 18.8. The SMILES string of the molecule is CN(CC1CO1)S(=O)(=O)c1cc(CCCC(=O)O)cc(C(F)(F)F)c1. The molecular formula is C15H18F3NO5S. The van der Waals surface area contributed by atoms with Crippen LogP contribution < -0.4 is 0 Å². The van der Waals surface area contributed by atoms with Crippen LogP contribution in [-0.4, -0.2) is 50.1 Å². The average Bonchev–Trinajstić information content (AvgIpc) is 3.29. The molecule has 140 valence electrons. The second-order valence-corrected chi connectivity index (χ2v) is 7.90. The van der Waals surface area contributed by atoms with E-state index >= 15 is 0 Å². The Morgan fingerprint density at radius 2 is 2.00 bits per heavy atom. The quantitative estimate of drug-likeness (QED) is 0.697. The van der Waals surface area contributed by atoms with Crippen LogP contribution in [0.3, 0.4) is 0 Å². The molecule has 1 saturated heterocycles. The van der Waals surface area contributed by atoms with Gasteiger partial charge in [-0.1, -0.05) is 0 Å². The largest absolute Gasteiger partial charge is 0.481 e. The predicted octanol–water partition coefficient (Wildman–Crippen LogP) is 2.13. The minimum absolute atomic E-state index is 0.0359. The third kappa shape index (κ3) is 5.41. The van der Waals surface area contributed by atoms with Gasteiger partial charge in [-0.3, -0.25) is 4.79 Å². The number of hydrogen-bond acceptors (Lipinski definition) is 4. The van der Waals surface area contributed by atoms with Crippen molar-refractivity contribution < 1.29 is 36.2 Å². The summed E-state index contributed by atoms with van der Waals surface area (Å²) in [5.41, 5.74) is -0.944. The molecule has 1 aromatic carbocycles. The van der Waals surface area contributed by atoms with Crippen LogP contribution in [0.1, 0.15) is 24.0 Å². The number of aliphatic carboxylic acids is 1. The Hall–Kier alpha value is -1.65. The van der Waals surface area contributed by atoms with Gasteiger partial charge in [-0.25, -0.2) is 8.42 Å². The molecule has 1 aromatic rings. The lowest BCUT2D eigenvalue weighted by atomic mass is 10.0. The molecule has 0 aromatic heterocycles. The average molecular weight is 381 g/mol. The normalized spacial score (nSPS) is 17.7. The minimum atomic E-state index is -4.70. The third-order valence-electron chi connectivity index (χ3n) is 3.72. The molecule has 1 atom stereocenters. The van der Waals surface area contributed by atoms with Crippen LogP contribution in [0.4, 0.5) is 13.2 Å². The van der Waals surface area contributed by atoms with Crippen LogP contribution in [0.15, 0.2) is 23.1 Å². The van der Waals surface area contributed by atoms with Gasteiger partial charge in [0.15, 0.2) is 0 Å².